The average Bonchev–Trinajstić information content (AvgIpc) is 2.93. The molecule has 0 fully saturated rings. The van der Waals surface area contributed by atoms with Gasteiger partial charge >= 0.3 is 5.97 Å². The van der Waals surface area contributed by atoms with E-state index in [-0.39, 0.29) is 22.6 Å². The fourth-order valence-corrected chi connectivity index (χ4v) is 9.80. The minimum absolute atomic E-state index is 0.0424. The van der Waals surface area contributed by atoms with Crippen molar-refractivity contribution in [2.75, 3.05) is 6.61 Å². The number of hydrogen-bond donors (Lipinski definition) is 1. The average molecular weight is 557 g/mol. The third-order valence-electron chi connectivity index (χ3n) is 7.49. The Morgan fingerprint density at radius 2 is 1.40 bits per heavy atom. The quantitative estimate of drug-likeness (QED) is 0.210. The predicted molar refractivity (Wildman–Crippen MR) is 162 cm³/mol. The highest BCUT2D eigenvalue weighted by molar-refractivity contribution is 6.99. The van der Waals surface area contributed by atoms with Crippen molar-refractivity contribution < 1.29 is 23.5 Å². The fourth-order valence-electron chi connectivity index (χ4n) is 5.13. The molecule has 4 nitrogen and oxygen atoms in total. The molecular formula is C34H37FO4Si. The third-order valence-corrected chi connectivity index (χ3v) is 12.5. The molecule has 0 aliphatic rings. The highest BCUT2D eigenvalue weighted by atomic mass is 28.4. The van der Waals surface area contributed by atoms with Gasteiger partial charge in [-0.2, -0.15) is 0 Å². The van der Waals surface area contributed by atoms with E-state index in [1.807, 2.05) is 43.3 Å². The molecule has 4 aromatic rings. The molecule has 0 aromatic heterocycles. The van der Waals surface area contributed by atoms with Crippen LogP contribution in [0.1, 0.15) is 45.0 Å². The monoisotopic (exact) mass is 556 g/mol. The molecule has 0 saturated carbocycles. The summed E-state index contributed by atoms with van der Waals surface area (Å²) in [5, 5.41) is 11.5. The smallest absolute Gasteiger partial charge is 0.338 e. The van der Waals surface area contributed by atoms with Gasteiger partial charge in [0.25, 0.3) is 8.32 Å². The van der Waals surface area contributed by atoms with Crippen molar-refractivity contribution in [1.82, 2.24) is 0 Å². The third kappa shape index (κ3) is 6.03. The van der Waals surface area contributed by atoms with Crippen LogP contribution in [0.25, 0.3) is 11.1 Å². The zero-order valence-electron chi connectivity index (χ0n) is 23.7. The summed E-state index contributed by atoms with van der Waals surface area (Å²) in [4.78, 5) is 11.3. The Morgan fingerprint density at radius 1 is 0.850 bits per heavy atom. The van der Waals surface area contributed by atoms with Gasteiger partial charge in [0.2, 0.25) is 0 Å². The lowest BCUT2D eigenvalue weighted by Gasteiger charge is -2.43. The Labute approximate surface area is 237 Å². The topological polar surface area (TPSA) is 55.8 Å². The predicted octanol–water partition coefficient (Wildman–Crippen LogP) is 7.17. The van der Waals surface area contributed by atoms with Crippen LogP contribution >= 0.6 is 0 Å². The summed E-state index contributed by atoms with van der Waals surface area (Å²) in [6.45, 7) is 11.4. The number of hydrogen-bond acceptors (Lipinski definition) is 3. The van der Waals surface area contributed by atoms with Crippen molar-refractivity contribution in [2.24, 2.45) is 5.92 Å². The van der Waals surface area contributed by atoms with Gasteiger partial charge in [-0.05, 0) is 46.1 Å². The highest BCUT2D eigenvalue weighted by Crippen LogP contribution is 2.37. The van der Waals surface area contributed by atoms with Crippen LogP contribution in [0.4, 0.5) is 4.39 Å². The van der Waals surface area contributed by atoms with Gasteiger partial charge in [0.1, 0.15) is 17.7 Å². The second-order valence-corrected chi connectivity index (χ2v) is 15.6. The van der Waals surface area contributed by atoms with E-state index in [1.54, 1.807) is 6.07 Å². The van der Waals surface area contributed by atoms with Crippen molar-refractivity contribution >= 4 is 24.7 Å². The molecule has 40 heavy (non-hydrogen) atoms. The molecule has 0 radical (unpaired) electrons. The molecule has 4 aromatic carbocycles. The minimum atomic E-state index is -2.68. The zero-order chi connectivity index (χ0) is 28.9. The van der Waals surface area contributed by atoms with E-state index in [9.17, 15) is 14.3 Å². The maximum atomic E-state index is 14.5. The van der Waals surface area contributed by atoms with Crippen LogP contribution in [0.15, 0.2) is 103 Å². The maximum Gasteiger partial charge on any atom is 0.338 e. The second kappa shape index (κ2) is 12.2. The molecule has 2 atom stereocenters. The van der Waals surface area contributed by atoms with Gasteiger partial charge in [-0.1, -0.05) is 113 Å². The van der Waals surface area contributed by atoms with Gasteiger partial charge < -0.3 is 14.3 Å². The lowest BCUT2D eigenvalue weighted by Crippen LogP contribution is -2.67. The highest BCUT2D eigenvalue weighted by Gasteiger charge is 2.50. The van der Waals surface area contributed by atoms with Gasteiger partial charge in [0, 0.05) is 18.1 Å². The minimum Gasteiger partial charge on any atom is -0.490 e. The summed E-state index contributed by atoms with van der Waals surface area (Å²) in [5.41, 5.74) is 0.899. The summed E-state index contributed by atoms with van der Waals surface area (Å²) < 4.78 is 28.0. The van der Waals surface area contributed by atoms with Gasteiger partial charge in [-0.15, -0.1) is 0 Å². The number of carboxylic acid groups (broad SMARTS) is 1. The van der Waals surface area contributed by atoms with E-state index in [0.717, 1.165) is 0 Å². The lowest BCUT2D eigenvalue weighted by molar-refractivity contribution is 0.0692. The molecule has 0 spiro atoms. The first kappa shape index (κ1) is 29.2. The molecule has 0 unspecified atom stereocenters. The molecule has 0 aliphatic heterocycles. The van der Waals surface area contributed by atoms with Crippen LogP contribution < -0.4 is 15.1 Å². The largest absolute Gasteiger partial charge is 0.490 e. The number of para-hydroxylation sites is 1. The molecule has 6 heteroatoms. The summed E-state index contributed by atoms with van der Waals surface area (Å²) >= 11 is 0. The SMILES string of the molecule is C[C@H](CO[Si](c1ccccc1)(c1ccccc1)C(C)(C)C)[C@@H](C)Oc1ccccc1-c1ccc(C(=O)O)c(F)c1. The maximum absolute atomic E-state index is 14.5. The Morgan fingerprint density at radius 3 is 1.93 bits per heavy atom. The number of carboxylic acids is 1. The van der Waals surface area contributed by atoms with Crippen LogP contribution in [-0.2, 0) is 4.43 Å². The summed E-state index contributed by atoms with van der Waals surface area (Å²) in [6, 6.07) is 32.7. The Bertz CT molecular complexity index is 1390. The van der Waals surface area contributed by atoms with Gasteiger partial charge in [-0.3, -0.25) is 0 Å². The van der Waals surface area contributed by atoms with Crippen LogP contribution in [0.3, 0.4) is 0 Å². The fraction of sp³-hybridized carbons (Fsp3) is 0.265. The van der Waals surface area contributed by atoms with Crippen molar-refractivity contribution in [3.05, 3.63) is 115 Å². The molecule has 1 N–H and O–H groups in total. The lowest BCUT2D eigenvalue weighted by atomic mass is 10.0. The van der Waals surface area contributed by atoms with Crippen molar-refractivity contribution in [1.29, 1.82) is 0 Å². The Kier molecular flexibility index (Phi) is 8.91. The van der Waals surface area contributed by atoms with Crippen LogP contribution in [0, 0.1) is 11.7 Å². The van der Waals surface area contributed by atoms with Gasteiger partial charge in [0.15, 0.2) is 0 Å². The zero-order valence-corrected chi connectivity index (χ0v) is 24.7. The van der Waals surface area contributed by atoms with E-state index in [0.29, 0.717) is 23.5 Å². The summed E-state index contributed by atoms with van der Waals surface area (Å²) in [6.07, 6.45) is -0.206. The molecule has 4 rings (SSSR count). The number of rotatable bonds is 10. The normalized spacial score (nSPS) is 13.4. The number of ether oxygens (including phenoxy) is 1. The first-order valence-corrected chi connectivity index (χ1v) is 15.5. The molecular weight excluding hydrogens is 519 g/mol. The van der Waals surface area contributed by atoms with Gasteiger partial charge in [-0.25, -0.2) is 9.18 Å². The summed E-state index contributed by atoms with van der Waals surface area (Å²) in [7, 11) is -2.68. The number of aromatic carboxylic acids is 1. The number of benzene rings is 4. The van der Waals surface area contributed by atoms with Crippen LogP contribution in [0.5, 0.6) is 5.75 Å². The Balaban J connectivity index is 1.59. The molecule has 208 valence electrons. The first-order valence-electron chi connectivity index (χ1n) is 13.6. The van der Waals surface area contributed by atoms with Crippen molar-refractivity contribution in [3.8, 4) is 16.9 Å². The molecule has 0 aliphatic carbocycles. The molecule has 0 amide bonds. The number of halogens is 1. The van der Waals surface area contributed by atoms with E-state index in [4.69, 9.17) is 9.16 Å². The molecule has 0 bridgehead atoms. The van der Waals surface area contributed by atoms with Crippen LogP contribution in [0.2, 0.25) is 5.04 Å². The van der Waals surface area contributed by atoms with E-state index >= 15 is 0 Å². The van der Waals surface area contributed by atoms with E-state index in [2.05, 4.69) is 76.2 Å². The van der Waals surface area contributed by atoms with Crippen molar-refractivity contribution in [3.63, 3.8) is 0 Å². The van der Waals surface area contributed by atoms with Gasteiger partial charge in [0.05, 0.1) is 5.56 Å². The van der Waals surface area contributed by atoms with E-state index in [1.165, 1.54) is 22.5 Å². The summed E-state index contributed by atoms with van der Waals surface area (Å²) in [5.74, 6) is -1.42. The van der Waals surface area contributed by atoms with Crippen molar-refractivity contribution in [2.45, 2.75) is 45.8 Å². The number of carbonyl (C=O) groups is 1. The van der Waals surface area contributed by atoms with Crippen LogP contribution in [-0.4, -0.2) is 32.1 Å². The molecule has 0 heterocycles. The first-order chi connectivity index (χ1) is 19.0. The Hall–Kier alpha value is -3.74. The molecule has 0 saturated heterocycles. The van der Waals surface area contributed by atoms with E-state index < -0.39 is 20.1 Å². The second-order valence-electron chi connectivity index (χ2n) is 11.3. The standard InChI is InChI=1S/C34H37FO4Si/c1-24(23-38-40(34(3,4)5,27-14-8-6-9-15-27)28-16-10-7-11-17-28)25(2)39-32-19-13-12-18-29(32)26-20-21-30(33(36)37)31(35)22-26/h6-22,24-25H,23H2,1-5H3,(H,36,37)/t24-,25-/m1/s1.